The second-order valence-electron chi connectivity index (χ2n) is 5.34. The molecule has 118 valence electrons. The first-order valence-corrected chi connectivity index (χ1v) is 10.0. The number of hydrogen-bond acceptors (Lipinski definition) is 4. The van der Waals surface area contributed by atoms with Gasteiger partial charge in [-0.2, -0.15) is 23.5 Å². The Labute approximate surface area is 137 Å². The first-order valence-electron chi connectivity index (χ1n) is 7.93. The molecule has 1 fully saturated rings. The summed E-state index contributed by atoms with van der Waals surface area (Å²) in [4.78, 5) is 0. The van der Waals surface area contributed by atoms with Crippen LogP contribution in [0.5, 0.6) is 5.75 Å². The zero-order chi connectivity index (χ0) is 15.1. The van der Waals surface area contributed by atoms with Crippen LogP contribution in [0.15, 0.2) is 24.3 Å². The first kappa shape index (κ1) is 17.0. The predicted molar refractivity (Wildman–Crippen MR) is 96.8 cm³/mol. The van der Waals surface area contributed by atoms with E-state index in [0.717, 1.165) is 24.0 Å². The molecule has 1 saturated heterocycles. The van der Waals surface area contributed by atoms with Gasteiger partial charge in [-0.1, -0.05) is 26.0 Å². The summed E-state index contributed by atoms with van der Waals surface area (Å²) >= 11 is 4.27. The van der Waals surface area contributed by atoms with Crippen LogP contribution in [0, 0.1) is 0 Å². The number of thioether (sulfide) groups is 2. The summed E-state index contributed by atoms with van der Waals surface area (Å²) in [6, 6.07) is 9.08. The van der Waals surface area contributed by atoms with E-state index in [0.29, 0.717) is 11.3 Å². The molecule has 1 N–H and O–H groups in total. The number of ether oxygens (including phenoxy) is 1. The molecule has 1 aliphatic rings. The monoisotopic (exact) mass is 325 g/mol. The lowest BCUT2D eigenvalue weighted by Gasteiger charge is -2.36. The van der Waals surface area contributed by atoms with E-state index < -0.39 is 0 Å². The highest BCUT2D eigenvalue weighted by Gasteiger charge is 2.32. The summed E-state index contributed by atoms with van der Waals surface area (Å²) in [7, 11) is 2.08. The van der Waals surface area contributed by atoms with Crippen LogP contribution in [0.2, 0.25) is 0 Å². The molecule has 0 radical (unpaired) electrons. The second-order valence-corrected chi connectivity index (χ2v) is 7.97. The van der Waals surface area contributed by atoms with Crippen molar-refractivity contribution in [3.05, 3.63) is 29.8 Å². The highest BCUT2D eigenvalue weighted by molar-refractivity contribution is 8.07. The van der Waals surface area contributed by atoms with E-state index in [2.05, 4.69) is 74.0 Å². The predicted octanol–water partition coefficient (Wildman–Crippen LogP) is 4.36. The third-order valence-corrected chi connectivity index (χ3v) is 7.20. The molecule has 0 saturated carbocycles. The minimum atomic E-state index is 0.424. The van der Waals surface area contributed by atoms with Crippen molar-refractivity contribution >= 4 is 23.5 Å². The topological polar surface area (TPSA) is 21.3 Å². The van der Waals surface area contributed by atoms with Gasteiger partial charge < -0.3 is 10.1 Å². The van der Waals surface area contributed by atoms with Gasteiger partial charge in [0.2, 0.25) is 0 Å². The molecule has 3 atom stereocenters. The molecule has 0 aliphatic carbocycles. The number of hydrogen-bond donors (Lipinski definition) is 1. The maximum atomic E-state index is 5.68. The molecular formula is C17H27NOS2. The summed E-state index contributed by atoms with van der Waals surface area (Å²) in [6.45, 7) is 5.24. The zero-order valence-electron chi connectivity index (χ0n) is 13.3. The van der Waals surface area contributed by atoms with Crippen LogP contribution in [0.25, 0.3) is 0 Å². The lowest BCUT2D eigenvalue weighted by atomic mass is 10.00. The molecule has 1 heterocycles. The standard InChI is InChI=1S/C17H27NOS2/c1-4-10-19-14-8-6-13(7-9-14)16(18-3)17-15(5-2)20-11-12-21-17/h6-9,15-18H,4-5,10-12H2,1-3H3. The van der Waals surface area contributed by atoms with Gasteiger partial charge in [-0.15, -0.1) is 0 Å². The van der Waals surface area contributed by atoms with Gasteiger partial charge >= 0.3 is 0 Å². The van der Waals surface area contributed by atoms with Gasteiger partial charge in [0, 0.05) is 28.0 Å². The molecule has 1 aliphatic heterocycles. The summed E-state index contributed by atoms with van der Waals surface area (Å²) in [5.74, 6) is 3.54. The molecule has 0 amide bonds. The molecule has 0 bridgehead atoms. The third kappa shape index (κ3) is 4.57. The van der Waals surface area contributed by atoms with Crippen molar-refractivity contribution in [1.82, 2.24) is 5.32 Å². The first-order chi connectivity index (χ1) is 10.3. The number of rotatable bonds is 7. The minimum absolute atomic E-state index is 0.424. The van der Waals surface area contributed by atoms with Crippen molar-refractivity contribution in [2.24, 2.45) is 0 Å². The summed E-state index contributed by atoms with van der Waals surface area (Å²) < 4.78 is 5.68. The molecule has 4 heteroatoms. The second kappa shape index (κ2) is 8.96. The van der Waals surface area contributed by atoms with Crippen LogP contribution in [-0.4, -0.2) is 35.7 Å². The van der Waals surface area contributed by atoms with Gasteiger partial charge in [0.1, 0.15) is 5.75 Å². The summed E-state index contributed by atoms with van der Waals surface area (Å²) in [5.41, 5.74) is 1.37. The molecule has 1 aromatic rings. The molecule has 3 unspecified atom stereocenters. The van der Waals surface area contributed by atoms with E-state index in [9.17, 15) is 0 Å². The highest BCUT2D eigenvalue weighted by atomic mass is 32.2. The van der Waals surface area contributed by atoms with Crippen molar-refractivity contribution < 1.29 is 4.74 Å². The van der Waals surface area contributed by atoms with E-state index in [4.69, 9.17) is 4.74 Å². The van der Waals surface area contributed by atoms with Crippen molar-refractivity contribution in [2.45, 2.75) is 43.2 Å². The van der Waals surface area contributed by atoms with Gasteiger partial charge in [0.25, 0.3) is 0 Å². The van der Waals surface area contributed by atoms with E-state index in [1.165, 1.54) is 23.5 Å². The molecule has 1 aromatic carbocycles. The van der Waals surface area contributed by atoms with Crippen molar-refractivity contribution in [2.75, 3.05) is 25.2 Å². The van der Waals surface area contributed by atoms with Crippen LogP contribution in [-0.2, 0) is 0 Å². The Hall–Kier alpha value is -0.320. The van der Waals surface area contributed by atoms with Gasteiger partial charge in [-0.05, 0) is 37.6 Å². The largest absolute Gasteiger partial charge is 0.494 e. The molecule has 2 rings (SSSR count). The van der Waals surface area contributed by atoms with Crippen LogP contribution < -0.4 is 10.1 Å². The maximum Gasteiger partial charge on any atom is 0.119 e. The average molecular weight is 326 g/mol. The van der Waals surface area contributed by atoms with E-state index in [1.807, 2.05) is 0 Å². The third-order valence-electron chi connectivity index (χ3n) is 3.85. The molecule has 21 heavy (non-hydrogen) atoms. The van der Waals surface area contributed by atoms with Crippen LogP contribution in [0.3, 0.4) is 0 Å². The lowest BCUT2D eigenvalue weighted by molar-refractivity contribution is 0.317. The normalized spacial score (nSPS) is 23.8. The molecule has 2 nitrogen and oxygen atoms in total. The van der Waals surface area contributed by atoms with E-state index in [-0.39, 0.29) is 0 Å². The Balaban J connectivity index is 2.08. The molecule has 0 spiro atoms. The summed E-state index contributed by atoms with van der Waals surface area (Å²) in [6.07, 6.45) is 2.30. The maximum absolute atomic E-state index is 5.68. The van der Waals surface area contributed by atoms with E-state index in [1.54, 1.807) is 0 Å². The van der Waals surface area contributed by atoms with Crippen molar-refractivity contribution in [3.63, 3.8) is 0 Å². The fourth-order valence-electron chi connectivity index (χ4n) is 2.76. The van der Waals surface area contributed by atoms with Crippen LogP contribution >= 0.6 is 23.5 Å². The quantitative estimate of drug-likeness (QED) is 0.803. The van der Waals surface area contributed by atoms with Crippen molar-refractivity contribution in [1.29, 1.82) is 0 Å². The Morgan fingerprint density at radius 2 is 1.90 bits per heavy atom. The molecule has 0 aromatic heterocycles. The van der Waals surface area contributed by atoms with E-state index >= 15 is 0 Å². The van der Waals surface area contributed by atoms with Gasteiger partial charge in [-0.3, -0.25) is 0 Å². The highest BCUT2D eigenvalue weighted by Crippen LogP contribution is 2.40. The van der Waals surface area contributed by atoms with Crippen LogP contribution in [0.1, 0.15) is 38.3 Å². The fourth-order valence-corrected chi connectivity index (χ4v) is 6.05. The average Bonchev–Trinajstić information content (AvgIpc) is 2.55. The fraction of sp³-hybridized carbons (Fsp3) is 0.647. The Kier molecular flexibility index (Phi) is 7.27. The lowest BCUT2D eigenvalue weighted by Crippen LogP contribution is -2.37. The Bertz CT molecular complexity index is 410. The zero-order valence-corrected chi connectivity index (χ0v) is 14.9. The Morgan fingerprint density at radius 1 is 1.19 bits per heavy atom. The van der Waals surface area contributed by atoms with Crippen molar-refractivity contribution in [3.8, 4) is 5.75 Å². The minimum Gasteiger partial charge on any atom is -0.494 e. The van der Waals surface area contributed by atoms with Gasteiger partial charge in [0.15, 0.2) is 0 Å². The molecular weight excluding hydrogens is 298 g/mol. The van der Waals surface area contributed by atoms with Gasteiger partial charge in [-0.25, -0.2) is 0 Å². The number of benzene rings is 1. The summed E-state index contributed by atoms with van der Waals surface area (Å²) in [5, 5.41) is 4.94. The van der Waals surface area contributed by atoms with Crippen LogP contribution in [0.4, 0.5) is 0 Å². The smallest absolute Gasteiger partial charge is 0.119 e. The van der Waals surface area contributed by atoms with Gasteiger partial charge in [0.05, 0.1) is 6.61 Å². The Morgan fingerprint density at radius 3 is 2.52 bits per heavy atom. The number of nitrogens with one attached hydrogen (secondary N) is 1. The SMILES string of the molecule is CCCOc1ccc(C(NC)C2SCCSC2CC)cc1.